The first-order valence-electron chi connectivity index (χ1n) is 5.36. The maximum Gasteiger partial charge on any atom is 0.0395 e. The maximum absolute atomic E-state index is 3.61. The van der Waals surface area contributed by atoms with Crippen LogP contribution in [-0.2, 0) is 0 Å². The lowest BCUT2D eigenvalue weighted by Crippen LogP contribution is -1.78. The normalized spacial score (nSPS) is 11.5. The van der Waals surface area contributed by atoms with Gasteiger partial charge in [0.05, 0.1) is 0 Å². The van der Waals surface area contributed by atoms with Crippen molar-refractivity contribution in [2.75, 3.05) is 0 Å². The van der Waals surface area contributed by atoms with E-state index < -0.39 is 0 Å². The number of halogens is 2. The van der Waals surface area contributed by atoms with Crippen LogP contribution in [0.2, 0.25) is 0 Å². The van der Waals surface area contributed by atoms with E-state index in [2.05, 4.69) is 76.6 Å². The highest BCUT2D eigenvalue weighted by Crippen LogP contribution is 2.40. The largest absolute Gasteiger partial charge is 0.135 e. The number of benzene rings is 2. The van der Waals surface area contributed by atoms with Crippen molar-refractivity contribution in [3.8, 4) is 0 Å². The summed E-state index contributed by atoms with van der Waals surface area (Å²) >= 11 is 7.93. The van der Waals surface area contributed by atoms with Crippen molar-refractivity contribution >= 4 is 70.0 Å². The van der Waals surface area contributed by atoms with Gasteiger partial charge < -0.3 is 0 Å². The molecule has 3 heteroatoms. The highest BCUT2D eigenvalue weighted by molar-refractivity contribution is 14.1. The highest BCUT2D eigenvalue weighted by atomic mass is 127. The predicted octanol–water partition coefficient (Wildman–Crippen LogP) is 6.04. The van der Waals surface area contributed by atoms with Crippen LogP contribution in [0, 0.1) is 17.4 Å². The van der Waals surface area contributed by atoms with Crippen molar-refractivity contribution in [2.45, 2.75) is 13.8 Å². The molecule has 0 amide bonds. The molecule has 0 aliphatic rings. The Morgan fingerprint density at radius 2 is 1.53 bits per heavy atom. The summed E-state index contributed by atoms with van der Waals surface area (Å²) in [5.74, 6) is 0. The van der Waals surface area contributed by atoms with Gasteiger partial charge in [0.1, 0.15) is 0 Å². The first-order valence-corrected chi connectivity index (χ1v) is 8.05. The topological polar surface area (TPSA) is 0 Å². The van der Waals surface area contributed by atoms with Crippen molar-refractivity contribution in [3.63, 3.8) is 0 Å². The summed E-state index contributed by atoms with van der Waals surface area (Å²) in [4.78, 5) is 0. The fourth-order valence-corrected chi connectivity index (χ4v) is 4.52. The minimum absolute atomic E-state index is 1.20. The molecule has 3 rings (SSSR count). The Kier molecular flexibility index (Phi) is 2.96. The fourth-order valence-electron chi connectivity index (χ4n) is 2.12. The van der Waals surface area contributed by atoms with Crippen LogP contribution in [0.3, 0.4) is 0 Å². The van der Waals surface area contributed by atoms with Gasteiger partial charge in [-0.15, -0.1) is 11.3 Å². The summed E-state index contributed by atoms with van der Waals surface area (Å²) in [6.45, 7) is 4.39. The number of hydrogen-bond acceptors (Lipinski definition) is 1. The van der Waals surface area contributed by atoms with Crippen LogP contribution in [0.1, 0.15) is 11.1 Å². The molecule has 0 atom stereocenters. The third-order valence-electron chi connectivity index (χ3n) is 3.17. The van der Waals surface area contributed by atoms with Gasteiger partial charge in [0.2, 0.25) is 0 Å². The molecule has 86 valence electrons. The van der Waals surface area contributed by atoms with Gasteiger partial charge in [-0.1, -0.05) is 28.1 Å². The molecule has 0 spiro atoms. The first-order chi connectivity index (χ1) is 8.09. The van der Waals surface area contributed by atoms with Crippen molar-refractivity contribution < 1.29 is 0 Å². The van der Waals surface area contributed by atoms with Crippen LogP contribution in [0.5, 0.6) is 0 Å². The molecule has 0 saturated carbocycles. The summed E-state index contributed by atoms with van der Waals surface area (Å²) in [5, 5.41) is 2.77. The second-order valence-corrected chi connectivity index (χ2v) is 7.24. The quantitative estimate of drug-likeness (QED) is 0.392. The minimum atomic E-state index is 1.20. The monoisotopic (exact) mass is 416 g/mol. The van der Waals surface area contributed by atoms with Crippen LogP contribution >= 0.6 is 49.9 Å². The Morgan fingerprint density at radius 1 is 0.941 bits per heavy atom. The van der Waals surface area contributed by atoms with Gasteiger partial charge in [0.25, 0.3) is 0 Å². The van der Waals surface area contributed by atoms with E-state index >= 15 is 0 Å². The van der Waals surface area contributed by atoms with E-state index in [4.69, 9.17) is 0 Å². The van der Waals surface area contributed by atoms with Crippen molar-refractivity contribution in [2.24, 2.45) is 0 Å². The highest BCUT2D eigenvalue weighted by Gasteiger charge is 2.11. The summed E-state index contributed by atoms with van der Waals surface area (Å²) in [6.07, 6.45) is 0. The second-order valence-electron chi connectivity index (χ2n) is 4.20. The average Bonchev–Trinajstić information content (AvgIpc) is 2.69. The van der Waals surface area contributed by atoms with Crippen LogP contribution in [0.15, 0.2) is 28.7 Å². The van der Waals surface area contributed by atoms with Gasteiger partial charge in [0.15, 0.2) is 0 Å². The molecule has 0 nitrogen and oxygen atoms in total. The Bertz CT molecular complexity index is 681. The van der Waals surface area contributed by atoms with E-state index in [1.807, 2.05) is 11.3 Å². The standard InChI is InChI=1S/C14H10BrIS/c1-7-11(15)5-3-9-10-4-6-12(16)8(2)14(10)17-13(7)9/h3-6H,1-2H3. The van der Waals surface area contributed by atoms with Crippen LogP contribution < -0.4 is 0 Å². The van der Waals surface area contributed by atoms with E-state index in [1.54, 1.807) is 0 Å². The summed E-state index contributed by atoms with van der Waals surface area (Å²) in [5.41, 5.74) is 2.75. The molecular formula is C14H10BrIS. The van der Waals surface area contributed by atoms with Gasteiger partial charge in [0, 0.05) is 28.2 Å². The number of fused-ring (bicyclic) bond motifs is 3. The Labute approximate surface area is 126 Å². The smallest absolute Gasteiger partial charge is 0.0395 e. The van der Waals surface area contributed by atoms with Crippen molar-refractivity contribution in [1.82, 2.24) is 0 Å². The van der Waals surface area contributed by atoms with E-state index in [0.717, 1.165) is 0 Å². The van der Waals surface area contributed by atoms with E-state index in [1.165, 1.54) is 39.3 Å². The maximum atomic E-state index is 3.61. The zero-order chi connectivity index (χ0) is 12.2. The molecule has 17 heavy (non-hydrogen) atoms. The zero-order valence-electron chi connectivity index (χ0n) is 9.47. The molecule has 0 unspecified atom stereocenters. The molecule has 3 aromatic rings. The molecule has 1 aromatic heterocycles. The Balaban J connectivity index is 2.58. The van der Waals surface area contributed by atoms with Gasteiger partial charge >= 0.3 is 0 Å². The SMILES string of the molecule is Cc1c(Br)ccc2c1sc1c(C)c(I)ccc12. The molecule has 0 N–H and O–H groups in total. The summed E-state index contributed by atoms with van der Waals surface area (Å²) in [7, 11) is 0. The lowest BCUT2D eigenvalue weighted by molar-refractivity contribution is 1.50. The molecule has 2 aromatic carbocycles. The summed E-state index contributed by atoms with van der Waals surface area (Å²) < 4.78 is 5.37. The second kappa shape index (κ2) is 4.21. The number of aryl methyl sites for hydroxylation is 2. The summed E-state index contributed by atoms with van der Waals surface area (Å²) in [6, 6.07) is 8.83. The van der Waals surface area contributed by atoms with Crippen molar-refractivity contribution in [3.05, 3.63) is 43.4 Å². The fraction of sp³-hybridized carbons (Fsp3) is 0.143. The molecule has 0 aliphatic heterocycles. The van der Waals surface area contributed by atoms with Crippen LogP contribution in [0.4, 0.5) is 0 Å². The lowest BCUT2D eigenvalue weighted by Gasteiger charge is -1.99. The molecule has 0 bridgehead atoms. The molecule has 1 heterocycles. The zero-order valence-corrected chi connectivity index (χ0v) is 14.0. The number of rotatable bonds is 0. The third kappa shape index (κ3) is 1.74. The Morgan fingerprint density at radius 3 is 2.24 bits per heavy atom. The first kappa shape index (κ1) is 11.9. The Hall–Kier alpha value is -0.130. The molecule has 0 saturated heterocycles. The van der Waals surface area contributed by atoms with E-state index in [9.17, 15) is 0 Å². The molecule has 0 aliphatic carbocycles. The van der Waals surface area contributed by atoms with Gasteiger partial charge in [-0.25, -0.2) is 0 Å². The van der Waals surface area contributed by atoms with Gasteiger partial charge in [-0.3, -0.25) is 0 Å². The van der Waals surface area contributed by atoms with Gasteiger partial charge in [-0.05, 0) is 59.7 Å². The molecule has 0 radical (unpaired) electrons. The average molecular weight is 417 g/mol. The lowest BCUT2D eigenvalue weighted by atomic mass is 10.1. The molecular weight excluding hydrogens is 407 g/mol. The van der Waals surface area contributed by atoms with Crippen LogP contribution in [-0.4, -0.2) is 0 Å². The molecule has 0 fully saturated rings. The minimum Gasteiger partial charge on any atom is -0.135 e. The number of hydrogen-bond donors (Lipinski definition) is 0. The third-order valence-corrected chi connectivity index (χ3v) is 6.66. The van der Waals surface area contributed by atoms with E-state index in [-0.39, 0.29) is 0 Å². The predicted molar refractivity (Wildman–Crippen MR) is 89.2 cm³/mol. The van der Waals surface area contributed by atoms with Crippen molar-refractivity contribution in [1.29, 1.82) is 0 Å². The van der Waals surface area contributed by atoms with E-state index in [0.29, 0.717) is 0 Å². The number of thiophene rings is 1. The van der Waals surface area contributed by atoms with Crippen LogP contribution in [0.25, 0.3) is 20.2 Å². The van der Waals surface area contributed by atoms with Gasteiger partial charge in [-0.2, -0.15) is 0 Å².